The van der Waals surface area contributed by atoms with Crippen molar-refractivity contribution in [3.63, 3.8) is 0 Å². The third kappa shape index (κ3) is 5.25. The smallest absolute Gasteiger partial charge is 0.247 e. The first-order valence-electron chi connectivity index (χ1n) is 12.5. The number of rotatable bonds is 6. The summed E-state index contributed by atoms with van der Waals surface area (Å²) < 4.78 is 40.6. The minimum atomic E-state index is -3.53. The van der Waals surface area contributed by atoms with Crippen molar-refractivity contribution in [3.05, 3.63) is 119 Å². The molecule has 0 bridgehead atoms. The van der Waals surface area contributed by atoms with Crippen molar-refractivity contribution in [2.24, 2.45) is 5.10 Å². The minimum absolute atomic E-state index is 0.345. The minimum Gasteiger partial charge on any atom is -0.283 e. The Labute approximate surface area is 236 Å². The number of hydrogen-bond acceptors (Lipinski definition) is 6. The van der Waals surface area contributed by atoms with Gasteiger partial charge in [-0.2, -0.15) is 5.10 Å². The molecule has 1 aliphatic rings. The van der Waals surface area contributed by atoms with E-state index in [4.69, 9.17) is 26.7 Å². The molecule has 1 N–H and O–H groups in total. The fourth-order valence-corrected chi connectivity index (χ4v) is 5.58. The van der Waals surface area contributed by atoms with Crippen LogP contribution in [0.1, 0.15) is 23.6 Å². The predicted molar refractivity (Wildman–Crippen MR) is 158 cm³/mol. The monoisotopic (exact) mass is 571 g/mol. The third-order valence-corrected chi connectivity index (χ3v) is 7.42. The van der Waals surface area contributed by atoms with E-state index in [0.717, 1.165) is 22.8 Å². The lowest BCUT2D eigenvalue weighted by Crippen LogP contribution is -2.21. The normalized spacial score (nSPS) is 15.3. The van der Waals surface area contributed by atoms with E-state index in [9.17, 15) is 12.8 Å². The second kappa shape index (κ2) is 10.3. The summed E-state index contributed by atoms with van der Waals surface area (Å²) in [6, 6.07) is 28.2. The first-order chi connectivity index (χ1) is 19.2. The second-order valence-corrected chi connectivity index (χ2v) is 11.7. The highest BCUT2D eigenvalue weighted by Gasteiger charge is 2.33. The number of para-hydroxylation sites is 1. The van der Waals surface area contributed by atoms with Crippen molar-refractivity contribution >= 4 is 49.9 Å². The Morgan fingerprint density at radius 2 is 1.65 bits per heavy atom. The van der Waals surface area contributed by atoms with Crippen molar-refractivity contribution in [1.29, 1.82) is 0 Å². The number of nitrogens with one attached hydrogen (secondary N) is 1. The second-order valence-electron chi connectivity index (χ2n) is 9.48. The number of hydrazone groups is 1. The molecular weight excluding hydrogens is 549 g/mol. The van der Waals surface area contributed by atoms with Crippen LogP contribution in [0.5, 0.6) is 0 Å². The van der Waals surface area contributed by atoms with Crippen LogP contribution in [-0.2, 0) is 10.0 Å². The van der Waals surface area contributed by atoms with E-state index in [0.29, 0.717) is 45.6 Å². The van der Waals surface area contributed by atoms with E-state index in [1.165, 1.54) is 12.1 Å². The molecule has 0 radical (unpaired) electrons. The Hall–Kier alpha value is -4.34. The molecule has 40 heavy (non-hydrogen) atoms. The van der Waals surface area contributed by atoms with E-state index >= 15 is 0 Å². The summed E-state index contributed by atoms with van der Waals surface area (Å²) in [6.07, 6.45) is 1.52. The van der Waals surface area contributed by atoms with Gasteiger partial charge in [0.2, 0.25) is 16.0 Å². The van der Waals surface area contributed by atoms with Crippen LogP contribution in [0.15, 0.2) is 102 Å². The molecule has 2 heterocycles. The maximum absolute atomic E-state index is 13.9. The Morgan fingerprint density at radius 1 is 0.925 bits per heavy atom. The van der Waals surface area contributed by atoms with Crippen LogP contribution < -0.4 is 9.73 Å². The molecular formula is C30H23ClFN5O2S. The van der Waals surface area contributed by atoms with Gasteiger partial charge in [0.1, 0.15) is 5.82 Å². The van der Waals surface area contributed by atoms with Crippen LogP contribution in [0.4, 0.5) is 16.0 Å². The van der Waals surface area contributed by atoms with Gasteiger partial charge < -0.3 is 0 Å². The zero-order valence-electron chi connectivity index (χ0n) is 21.3. The maximum Gasteiger partial charge on any atom is 0.247 e. The number of sulfonamides is 1. The molecule has 1 aliphatic heterocycles. The van der Waals surface area contributed by atoms with Gasteiger partial charge in [0.15, 0.2) is 0 Å². The quantitative estimate of drug-likeness (QED) is 0.242. The number of anilines is 2. The van der Waals surface area contributed by atoms with E-state index in [2.05, 4.69) is 4.72 Å². The van der Waals surface area contributed by atoms with Crippen LogP contribution >= 0.6 is 11.6 Å². The van der Waals surface area contributed by atoms with Gasteiger partial charge in [0, 0.05) is 28.0 Å². The standard InChI is InChI=1S/C30H23ClFN5O2S/c1-40(38,39)36-26-10-6-5-9-23(26)27-18-28(19-11-14-22(32)15-12-19)37(35-27)30-33-25-16-13-21(31)17-24(25)29(34-30)20-7-3-2-4-8-20/h2-17,28,36H,18H2,1H3/t28-/m1/s1. The van der Waals surface area contributed by atoms with Gasteiger partial charge >= 0.3 is 0 Å². The average molecular weight is 572 g/mol. The van der Waals surface area contributed by atoms with E-state index in [1.54, 1.807) is 35.3 Å². The number of hydrogen-bond donors (Lipinski definition) is 1. The van der Waals surface area contributed by atoms with Crippen LogP contribution in [-0.4, -0.2) is 30.4 Å². The van der Waals surface area contributed by atoms with Gasteiger partial charge in [-0.05, 0) is 42.0 Å². The van der Waals surface area contributed by atoms with Crippen molar-refractivity contribution in [3.8, 4) is 11.3 Å². The lowest BCUT2D eigenvalue weighted by molar-refractivity contribution is 0.607. The molecule has 1 atom stereocenters. The first-order valence-corrected chi connectivity index (χ1v) is 14.7. The van der Waals surface area contributed by atoms with Gasteiger partial charge in [0.05, 0.1) is 34.9 Å². The molecule has 0 saturated carbocycles. The van der Waals surface area contributed by atoms with Crippen LogP contribution in [0.25, 0.3) is 22.2 Å². The van der Waals surface area contributed by atoms with Gasteiger partial charge in [-0.1, -0.05) is 72.3 Å². The Kier molecular flexibility index (Phi) is 6.69. The lowest BCUT2D eigenvalue weighted by atomic mass is 9.97. The SMILES string of the molecule is CS(=O)(=O)Nc1ccccc1C1=NN(c2nc(-c3ccccc3)c3cc(Cl)ccc3n2)[C@@H](c2ccc(F)cc2)C1. The third-order valence-electron chi connectivity index (χ3n) is 6.60. The molecule has 1 aromatic heterocycles. The molecule has 0 spiro atoms. The fourth-order valence-electron chi connectivity index (χ4n) is 4.83. The number of benzene rings is 4. The van der Waals surface area contributed by atoms with Gasteiger partial charge in [-0.3, -0.25) is 4.72 Å². The van der Waals surface area contributed by atoms with Crippen molar-refractivity contribution in [2.45, 2.75) is 12.5 Å². The molecule has 0 amide bonds. The number of fused-ring (bicyclic) bond motifs is 1. The summed E-state index contributed by atoms with van der Waals surface area (Å²) in [6.45, 7) is 0. The van der Waals surface area contributed by atoms with E-state index in [-0.39, 0.29) is 11.9 Å². The Balaban J connectivity index is 1.54. The summed E-state index contributed by atoms with van der Waals surface area (Å²) in [5, 5.41) is 8.02. The molecule has 4 aromatic carbocycles. The van der Waals surface area contributed by atoms with Crippen molar-refractivity contribution in [1.82, 2.24) is 9.97 Å². The topological polar surface area (TPSA) is 87.5 Å². The Bertz CT molecular complexity index is 1870. The number of aromatic nitrogens is 2. The Morgan fingerprint density at radius 3 is 2.40 bits per heavy atom. The largest absolute Gasteiger partial charge is 0.283 e. The summed E-state index contributed by atoms with van der Waals surface area (Å²) in [5.41, 5.74) is 4.79. The first kappa shape index (κ1) is 25.9. The zero-order chi connectivity index (χ0) is 27.9. The molecule has 10 heteroatoms. The van der Waals surface area contributed by atoms with Gasteiger partial charge in [-0.15, -0.1) is 0 Å². The fraction of sp³-hybridized carbons (Fsp3) is 0.100. The average Bonchev–Trinajstić information content (AvgIpc) is 3.38. The van der Waals surface area contributed by atoms with Crippen LogP contribution in [0.3, 0.4) is 0 Å². The predicted octanol–water partition coefficient (Wildman–Crippen LogP) is 6.82. The molecule has 5 aromatic rings. The highest BCUT2D eigenvalue weighted by Crippen LogP contribution is 2.39. The van der Waals surface area contributed by atoms with Crippen molar-refractivity contribution < 1.29 is 12.8 Å². The molecule has 0 fully saturated rings. The summed E-state index contributed by atoms with van der Waals surface area (Å²) in [4.78, 5) is 9.81. The summed E-state index contributed by atoms with van der Waals surface area (Å²) in [7, 11) is -3.53. The van der Waals surface area contributed by atoms with Crippen LogP contribution in [0.2, 0.25) is 5.02 Å². The van der Waals surface area contributed by atoms with Gasteiger partial charge in [-0.25, -0.2) is 27.8 Å². The van der Waals surface area contributed by atoms with E-state index in [1.807, 2.05) is 54.6 Å². The molecule has 0 saturated heterocycles. The molecule has 7 nitrogen and oxygen atoms in total. The lowest BCUT2D eigenvalue weighted by Gasteiger charge is -2.23. The summed E-state index contributed by atoms with van der Waals surface area (Å²) in [5.74, 6) is 0.00823. The summed E-state index contributed by atoms with van der Waals surface area (Å²) >= 11 is 6.34. The van der Waals surface area contributed by atoms with Gasteiger partial charge in [0.25, 0.3) is 0 Å². The number of halogens is 2. The van der Waals surface area contributed by atoms with Crippen molar-refractivity contribution in [2.75, 3.05) is 16.0 Å². The molecule has 6 rings (SSSR count). The highest BCUT2D eigenvalue weighted by molar-refractivity contribution is 7.92. The highest BCUT2D eigenvalue weighted by atomic mass is 35.5. The zero-order valence-corrected chi connectivity index (χ0v) is 22.9. The molecule has 0 unspecified atom stereocenters. The van der Waals surface area contributed by atoms with E-state index < -0.39 is 10.0 Å². The van der Waals surface area contributed by atoms with Crippen LogP contribution in [0, 0.1) is 5.82 Å². The maximum atomic E-state index is 13.9. The molecule has 200 valence electrons. The molecule has 0 aliphatic carbocycles. The number of nitrogens with zero attached hydrogens (tertiary/aromatic N) is 4.